The van der Waals surface area contributed by atoms with Gasteiger partial charge in [-0.15, -0.1) is 0 Å². The Morgan fingerprint density at radius 2 is 2.17 bits per heavy atom. The number of aliphatic carboxylic acids is 1. The fraction of sp³-hybridized carbons (Fsp3) is 0.667. The molecule has 1 heterocycles. The van der Waals surface area contributed by atoms with Gasteiger partial charge in [-0.2, -0.15) is 0 Å². The van der Waals surface area contributed by atoms with E-state index in [1.807, 2.05) is 13.0 Å². The number of carboxylic acids is 1. The lowest BCUT2D eigenvalue weighted by Gasteiger charge is -2.07. The Morgan fingerprint density at radius 3 is 2.72 bits per heavy atom. The highest BCUT2D eigenvalue weighted by atomic mass is 16.4. The molecule has 1 aromatic rings. The van der Waals surface area contributed by atoms with Crippen molar-refractivity contribution in [1.29, 1.82) is 0 Å². The number of carbonyl (C=O) groups is 1. The van der Waals surface area contributed by atoms with Gasteiger partial charge in [0.05, 0.1) is 0 Å². The van der Waals surface area contributed by atoms with E-state index in [1.165, 1.54) is 19.3 Å². The fourth-order valence-corrected chi connectivity index (χ4v) is 2.21. The molecule has 0 amide bonds. The largest absolute Gasteiger partial charge is 0.481 e. The van der Waals surface area contributed by atoms with Crippen molar-refractivity contribution in [3.63, 3.8) is 0 Å². The van der Waals surface area contributed by atoms with E-state index in [2.05, 4.69) is 13.8 Å². The minimum atomic E-state index is -0.829. The highest BCUT2D eigenvalue weighted by molar-refractivity contribution is 5.69. The topological polar surface area (TPSA) is 50.4 Å². The van der Waals surface area contributed by atoms with Crippen LogP contribution in [0.15, 0.2) is 10.5 Å². The Hall–Kier alpha value is -1.25. The normalized spacial score (nSPS) is 12.6. The summed E-state index contributed by atoms with van der Waals surface area (Å²) in [5.74, 6) is 1.33. The van der Waals surface area contributed by atoms with Crippen LogP contribution in [0.4, 0.5) is 0 Å². The zero-order valence-electron chi connectivity index (χ0n) is 11.7. The van der Waals surface area contributed by atoms with Gasteiger partial charge < -0.3 is 9.52 Å². The lowest BCUT2D eigenvalue weighted by atomic mass is 9.99. The number of hydrogen-bond donors (Lipinski definition) is 1. The SMILES string of the molecule is CCCC[C@@H](C)Cc1cc(CC)c(CC(=O)O)o1. The molecule has 18 heavy (non-hydrogen) atoms. The number of rotatable bonds is 8. The molecule has 1 atom stereocenters. The second-order valence-electron chi connectivity index (χ2n) is 5.04. The summed E-state index contributed by atoms with van der Waals surface area (Å²) in [6, 6.07) is 2.03. The molecule has 1 aromatic heterocycles. The molecular formula is C15H24O3. The molecule has 0 saturated heterocycles. The fourth-order valence-electron chi connectivity index (χ4n) is 2.21. The van der Waals surface area contributed by atoms with Crippen molar-refractivity contribution in [1.82, 2.24) is 0 Å². The molecule has 0 bridgehead atoms. The number of carboxylic acid groups (broad SMARTS) is 1. The van der Waals surface area contributed by atoms with Crippen LogP contribution in [0, 0.1) is 5.92 Å². The van der Waals surface area contributed by atoms with Gasteiger partial charge in [-0.25, -0.2) is 0 Å². The molecule has 0 unspecified atom stereocenters. The van der Waals surface area contributed by atoms with Crippen molar-refractivity contribution >= 4 is 5.97 Å². The summed E-state index contributed by atoms with van der Waals surface area (Å²) < 4.78 is 5.69. The summed E-state index contributed by atoms with van der Waals surface area (Å²) in [4.78, 5) is 10.7. The van der Waals surface area contributed by atoms with E-state index >= 15 is 0 Å². The van der Waals surface area contributed by atoms with Gasteiger partial charge in [0.2, 0.25) is 0 Å². The van der Waals surface area contributed by atoms with Crippen molar-refractivity contribution in [2.45, 2.75) is 59.3 Å². The van der Waals surface area contributed by atoms with Gasteiger partial charge in [-0.1, -0.05) is 40.0 Å². The molecule has 0 radical (unpaired) electrons. The molecule has 0 aromatic carbocycles. The van der Waals surface area contributed by atoms with E-state index in [-0.39, 0.29) is 6.42 Å². The van der Waals surface area contributed by atoms with E-state index < -0.39 is 5.97 Å². The van der Waals surface area contributed by atoms with Gasteiger partial charge in [-0.05, 0) is 24.0 Å². The van der Waals surface area contributed by atoms with Crippen molar-refractivity contribution in [2.75, 3.05) is 0 Å². The standard InChI is InChI=1S/C15H24O3/c1-4-6-7-11(3)8-13-9-12(5-2)14(18-13)10-15(16)17/h9,11H,4-8,10H2,1-3H3,(H,16,17)/t11-/m1/s1. The van der Waals surface area contributed by atoms with Crippen molar-refractivity contribution < 1.29 is 14.3 Å². The van der Waals surface area contributed by atoms with Crippen LogP contribution in [0.5, 0.6) is 0 Å². The van der Waals surface area contributed by atoms with Crippen LogP contribution < -0.4 is 0 Å². The maximum atomic E-state index is 10.7. The minimum absolute atomic E-state index is 0.00743. The predicted molar refractivity (Wildman–Crippen MR) is 71.8 cm³/mol. The lowest BCUT2D eigenvalue weighted by molar-refractivity contribution is -0.136. The first-order valence-electron chi connectivity index (χ1n) is 6.89. The average Bonchev–Trinajstić information content (AvgIpc) is 2.67. The van der Waals surface area contributed by atoms with E-state index in [1.54, 1.807) is 0 Å². The molecule has 3 nitrogen and oxygen atoms in total. The third kappa shape index (κ3) is 4.55. The van der Waals surface area contributed by atoms with Crippen molar-refractivity contribution in [3.8, 4) is 0 Å². The maximum absolute atomic E-state index is 10.7. The second-order valence-corrected chi connectivity index (χ2v) is 5.04. The summed E-state index contributed by atoms with van der Waals surface area (Å²) in [6.45, 7) is 6.45. The molecule has 1 N–H and O–H groups in total. The Morgan fingerprint density at radius 1 is 1.44 bits per heavy atom. The van der Waals surface area contributed by atoms with Gasteiger partial charge >= 0.3 is 5.97 Å². The minimum Gasteiger partial charge on any atom is -0.481 e. The summed E-state index contributed by atoms with van der Waals surface area (Å²) in [5.41, 5.74) is 1.04. The van der Waals surface area contributed by atoms with Crippen LogP contribution in [0.3, 0.4) is 0 Å². The van der Waals surface area contributed by atoms with E-state index in [0.717, 1.165) is 24.2 Å². The third-order valence-electron chi connectivity index (χ3n) is 3.24. The Bertz CT molecular complexity index is 379. The van der Waals surface area contributed by atoms with Gasteiger partial charge in [0.25, 0.3) is 0 Å². The number of aryl methyl sites for hydroxylation is 1. The summed E-state index contributed by atoms with van der Waals surface area (Å²) >= 11 is 0. The molecule has 0 aliphatic rings. The lowest BCUT2D eigenvalue weighted by Crippen LogP contribution is -2.01. The number of furan rings is 1. The van der Waals surface area contributed by atoms with Crippen LogP contribution in [-0.2, 0) is 24.1 Å². The van der Waals surface area contributed by atoms with E-state index in [0.29, 0.717) is 11.7 Å². The first-order chi connectivity index (χ1) is 8.56. The number of unbranched alkanes of at least 4 members (excludes halogenated alkanes) is 1. The van der Waals surface area contributed by atoms with Crippen LogP contribution in [-0.4, -0.2) is 11.1 Å². The first-order valence-corrected chi connectivity index (χ1v) is 6.89. The van der Waals surface area contributed by atoms with E-state index in [4.69, 9.17) is 9.52 Å². The Balaban J connectivity index is 2.66. The molecular weight excluding hydrogens is 228 g/mol. The first kappa shape index (κ1) is 14.8. The maximum Gasteiger partial charge on any atom is 0.311 e. The Labute approximate surface area is 109 Å². The molecule has 0 aliphatic heterocycles. The van der Waals surface area contributed by atoms with Gasteiger partial charge in [-0.3, -0.25) is 4.79 Å². The molecule has 0 spiro atoms. The van der Waals surface area contributed by atoms with Crippen LogP contribution in [0.1, 0.15) is 57.1 Å². The zero-order chi connectivity index (χ0) is 13.5. The summed E-state index contributed by atoms with van der Waals surface area (Å²) in [7, 11) is 0. The van der Waals surface area contributed by atoms with Crippen molar-refractivity contribution in [3.05, 3.63) is 23.2 Å². The van der Waals surface area contributed by atoms with Crippen LogP contribution in [0.25, 0.3) is 0 Å². The third-order valence-corrected chi connectivity index (χ3v) is 3.24. The highest BCUT2D eigenvalue weighted by Crippen LogP contribution is 2.21. The highest BCUT2D eigenvalue weighted by Gasteiger charge is 2.14. The molecule has 1 rings (SSSR count). The quantitative estimate of drug-likeness (QED) is 0.764. The molecule has 0 fully saturated rings. The smallest absolute Gasteiger partial charge is 0.311 e. The average molecular weight is 252 g/mol. The van der Waals surface area contributed by atoms with Crippen LogP contribution >= 0.6 is 0 Å². The van der Waals surface area contributed by atoms with Gasteiger partial charge in [0.15, 0.2) is 0 Å². The molecule has 3 heteroatoms. The second kappa shape index (κ2) is 7.24. The predicted octanol–water partition coefficient (Wildman–Crippen LogP) is 3.84. The number of hydrogen-bond acceptors (Lipinski definition) is 2. The molecule has 0 saturated carbocycles. The monoisotopic (exact) mass is 252 g/mol. The van der Waals surface area contributed by atoms with E-state index in [9.17, 15) is 4.79 Å². The van der Waals surface area contributed by atoms with Gasteiger partial charge in [0, 0.05) is 6.42 Å². The summed E-state index contributed by atoms with van der Waals surface area (Å²) in [5, 5.41) is 8.83. The van der Waals surface area contributed by atoms with Crippen LogP contribution in [0.2, 0.25) is 0 Å². The Kier molecular flexibility index (Phi) is 5.96. The molecule has 0 aliphatic carbocycles. The zero-order valence-corrected chi connectivity index (χ0v) is 11.7. The molecule has 102 valence electrons. The van der Waals surface area contributed by atoms with Crippen molar-refractivity contribution in [2.24, 2.45) is 5.92 Å². The van der Waals surface area contributed by atoms with Gasteiger partial charge in [0.1, 0.15) is 17.9 Å². The summed E-state index contributed by atoms with van der Waals surface area (Å²) in [6.07, 6.45) is 5.39.